The molecule has 1 saturated carbocycles. The Morgan fingerprint density at radius 1 is 1.20 bits per heavy atom. The zero-order chi connectivity index (χ0) is 15.0. The van der Waals surface area contributed by atoms with Crippen molar-refractivity contribution in [2.75, 3.05) is 20.3 Å². The van der Waals surface area contributed by atoms with E-state index >= 15 is 0 Å². The van der Waals surface area contributed by atoms with Crippen molar-refractivity contribution in [2.45, 2.75) is 63.8 Å². The predicted molar refractivity (Wildman–Crippen MR) is 76.6 cm³/mol. The predicted octanol–water partition coefficient (Wildman–Crippen LogP) is 2.44. The Bertz CT molecular complexity index is 324. The minimum Gasteiger partial charge on any atom is -0.481 e. The monoisotopic (exact) mass is 285 g/mol. The average Bonchev–Trinajstić information content (AvgIpc) is 2.42. The Hall–Kier alpha value is -1.10. The van der Waals surface area contributed by atoms with Gasteiger partial charge in [0.2, 0.25) is 5.91 Å². The van der Waals surface area contributed by atoms with Gasteiger partial charge in [0.05, 0.1) is 25.0 Å². The lowest BCUT2D eigenvalue weighted by Crippen LogP contribution is -2.52. The van der Waals surface area contributed by atoms with Crippen LogP contribution in [0.3, 0.4) is 0 Å². The highest BCUT2D eigenvalue weighted by atomic mass is 16.5. The summed E-state index contributed by atoms with van der Waals surface area (Å²) in [5.41, 5.74) is -0.494. The van der Waals surface area contributed by atoms with Gasteiger partial charge >= 0.3 is 5.97 Å². The first kappa shape index (κ1) is 17.0. The summed E-state index contributed by atoms with van der Waals surface area (Å²) in [5.74, 6) is -0.835. The van der Waals surface area contributed by atoms with E-state index in [4.69, 9.17) is 9.84 Å². The van der Waals surface area contributed by atoms with Crippen molar-refractivity contribution in [3.63, 3.8) is 0 Å². The molecule has 0 aromatic carbocycles. The first-order valence-corrected chi connectivity index (χ1v) is 7.58. The van der Waals surface area contributed by atoms with Crippen LogP contribution in [0.1, 0.15) is 58.3 Å². The Morgan fingerprint density at radius 3 is 2.40 bits per heavy atom. The van der Waals surface area contributed by atoms with E-state index in [0.29, 0.717) is 19.6 Å². The van der Waals surface area contributed by atoms with Crippen molar-refractivity contribution in [1.29, 1.82) is 0 Å². The summed E-state index contributed by atoms with van der Waals surface area (Å²) >= 11 is 0. The van der Waals surface area contributed by atoms with Crippen LogP contribution in [0, 0.1) is 0 Å². The molecule has 116 valence electrons. The summed E-state index contributed by atoms with van der Waals surface area (Å²) in [6, 6.07) is 0. The van der Waals surface area contributed by atoms with Gasteiger partial charge in [-0.3, -0.25) is 9.59 Å². The van der Waals surface area contributed by atoms with Gasteiger partial charge in [0.15, 0.2) is 0 Å². The fourth-order valence-corrected chi connectivity index (χ4v) is 2.96. The summed E-state index contributed by atoms with van der Waals surface area (Å²) in [4.78, 5) is 25.1. The van der Waals surface area contributed by atoms with Crippen molar-refractivity contribution >= 4 is 11.9 Å². The molecule has 0 aromatic rings. The second-order valence-electron chi connectivity index (χ2n) is 5.67. The zero-order valence-corrected chi connectivity index (χ0v) is 12.7. The summed E-state index contributed by atoms with van der Waals surface area (Å²) in [7, 11) is 1.75. The van der Waals surface area contributed by atoms with E-state index in [-0.39, 0.29) is 12.3 Å². The minimum atomic E-state index is -0.825. The molecule has 5 heteroatoms. The lowest BCUT2D eigenvalue weighted by atomic mass is 9.78. The second kappa shape index (κ2) is 8.25. The molecular weight excluding hydrogens is 258 g/mol. The Kier molecular flexibility index (Phi) is 6.99. The number of rotatable bonds is 8. The number of carbonyl (C=O) groups excluding carboxylic acids is 1. The number of carbonyl (C=O) groups is 2. The molecule has 0 radical (unpaired) electrons. The molecule has 1 rings (SSSR count). The third kappa shape index (κ3) is 4.78. The standard InChI is InChI=1S/C15H27NO4/c1-3-10-20-11-7-13(17)16(2)15(12-14(18)19)8-5-4-6-9-15/h3-12H2,1-2H3,(H,18,19). The number of aliphatic carboxylic acids is 1. The molecule has 1 amide bonds. The SMILES string of the molecule is CCCOCCC(=O)N(C)C1(CC(=O)O)CCCCC1. The van der Waals surface area contributed by atoms with Crippen LogP contribution in [-0.2, 0) is 14.3 Å². The van der Waals surface area contributed by atoms with Gasteiger partial charge in [0.25, 0.3) is 0 Å². The van der Waals surface area contributed by atoms with Gasteiger partial charge in [-0.25, -0.2) is 0 Å². The van der Waals surface area contributed by atoms with E-state index in [0.717, 1.165) is 38.5 Å². The number of carboxylic acid groups (broad SMARTS) is 1. The maximum Gasteiger partial charge on any atom is 0.305 e. The molecular formula is C15H27NO4. The Labute approximate surface area is 121 Å². The first-order chi connectivity index (χ1) is 9.52. The summed E-state index contributed by atoms with van der Waals surface area (Å²) in [6.07, 6.45) is 6.02. The van der Waals surface area contributed by atoms with Crippen LogP contribution < -0.4 is 0 Å². The molecule has 1 aliphatic carbocycles. The van der Waals surface area contributed by atoms with Gasteiger partial charge in [-0.1, -0.05) is 26.2 Å². The number of carboxylic acids is 1. The molecule has 0 atom stereocenters. The van der Waals surface area contributed by atoms with Crippen molar-refractivity contribution in [1.82, 2.24) is 4.90 Å². The molecule has 0 heterocycles. The molecule has 1 fully saturated rings. The highest BCUT2D eigenvalue weighted by molar-refractivity contribution is 5.78. The van der Waals surface area contributed by atoms with Gasteiger partial charge < -0.3 is 14.7 Å². The molecule has 0 aromatic heterocycles. The van der Waals surface area contributed by atoms with Gasteiger partial charge in [-0.15, -0.1) is 0 Å². The molecule has 0 bridgehead atoms. The number of hydrogen-bond donors (Lipinski definition) is 1. The highest BCUT2D eigenvalue weighted by Gasteiger charge is 2.40. The van der Waals surface area contributed by atoms with Crippen LogP contribution in [0.15, 0.2) is 0 Å². The normalized spacial score (nSPS) is 17.7. The Morgan fingerprint density at radius 2 is 1.85 bits per heavy atom. The smallest absolute Gasteiger partial charge is 0.305 e. The maximum atomic E-state index is 12.2. The average molecular weight is 285 g/mol. The van der Waals surface area contributed by atoms with Crippen LogP contribution in [0.5, 0.6) is 0 Å². The van der Waals surface area contributed by atoms with E-state index in [1.807, 2.05) is 6.92 Å². The van der Waals surface area contributed by atoms with Gasteiger partial charge in [-0.2, -0.15) is 0 Å². The van der Waals surface area contributed by atoms with E-state index < -0.39 is 11.5 Å². The molecule has 1 aliphatic rings. The third-order valence-electron chi connectivity index (χ3n) is 4.16. The van der Waals surface area contributed by atoms with E-state index in [2.05, 4.69) is 0 Å². The second-order valence-corrected chi connectivity index (χ2v) is 5.67. The summed E-state index contributed by atoms with van der Waals surface area (Å²) in [6.45, 7) is 3.11. The van der Waals surface area contributed by atoms with Crippen LogP contribution in [0.25, 0.3) is 0 Å². The fourth-order valence-electron chi connectivity index (χ4n) is 2.96. The largest absolute Gasteiger partial charge is 0.481 e. The van der Waals surface area contributed by atoms with Crippen molar-refractivity contribution in [3.05, 3.63) is 0 Å². The first-order valence-electron chi connectivity index (χ1n) is 7.58. The number of amides is 1. The zero-order valence-electron chi connectivity index (χ0n) is 12.7. The minimum absolute atomic E-state index is 0.00995. The van der Waals surface area contributed by atoms with Crippen molar-refractivity contribution in [2.24, 2.45) is 0 Å². The van der Waals surface area contributed by atoms with Gasteiger partial charge in [0, 0.05) is 13.7 Å². The fraction of sp³-hybridized carbons (Fsp3) is 0.867. The van der Waals surface area contributed by atoms with Gasteiger partial charge in [0.1, 0.15) is 0 Å². The maximum absolute atomic E-state index is 12.2. The van der Waals surface area contributed by atoms with Crippen LogP contribution in [0.4, 0.5) is 0 Å². The molecule has 0 spiro atoms. The van der Waals surface area contributed by atoms with Crippen LogP contribution in [0.2, 0.25) is 0 Å². The van der Waals surface area contributed by atoms with E-state index in [1.54, 1.807) is 11.9 Å². The van der Waals surface area contributed by atoms with Gasteiger partial charge in [-0.05, 0) is 19.3 Å². The van der Waals surface area contributed by atoms with E-state index in [1.165, 1.54) is 0 Å². The van der Waals surface area contributed by atoms with Crippen molar-refractivity contribution < 1.29 is 19.4 Å². The topological polar surface area (TPSA) is 66.8 Å². The lowest BCUT2D eigenvalue weighted by Gasteiger charge is -2.44. The molecule has 20 heavy (non-hydrogen) atoms. The number of hydrogen-bond acceptors (Lipinski definition) is 3. The summed E-state index contributed by atoms with van der Waals surface area (Å²) < 4.78 is 5.34. The third-order valence-corrected chi connectivity index (χ3v) is 4.16. The summed E-state index contributed by atoms with van der Waals surface area (Å²) in [5, 5.41) is 9.14. The van der Waals surface area contributed by atoms with Crippen molar-refractivity contribution in [3.8, 4) is 0 Å². The Balaban J connectivity index is 2.60. The van der Waals surface area contributed by atoms with Crippen LogP contribution >= 0.6 is 0 Å². The molecule has 1 N–H and O–H groups in total. The highest BCUT2D eigenvalue weighted by Crippen LogP contribution is 2.36. The number of ether oxygens (including phenoxy) is 1. The molecule has 0 unspecified atom stereocenters. The molecule has 0 saturated heterocycles. The lowest BCUT2D eigenvalue weighted by molar-refractivity contribution is -0.146. The van der Waals surface area contributed by atoms with Crippen LogP contribution in [-0.4, -0.2) is 47.7 Å². The number of nitrogens with zero attached hydrogens (tertiary/aromatic N) is 1. The molecule has 5 nitrogen and oxygen atoms in total. The van der Waals surface area contributed by atoms with E-state index in [9.17, 15) is 9.59 Å². The molecule has 0 aliphatic heterocycles. The quantitative estimate of drug-likeness (QED) is 0.696.